The van der Waals surface area contributed by atoms with Crippen LogP contribution >= 0.6 is 0 Å². The van der Waals surface area contributed by atoms with Crippen LogP contribution in [0.3, 0.4) is 0 Å². The fourth-order valence-corrected chi connectivity index (χ4v) is 6.98. The number of anilines is 1. The van der Waals surface area contributed by atoms with E-state index in [1.54, 1.807) is 0 Å². The van der Waals surface area contributed by atoms with E-state index in [2.05, 4.69) is 78.8 Å². The van der Waals surface area contributed by atoms with Crippen LogP contribution < -0.4 is 4.90 Å². The number of aliphatic hydroxyl groups is 1. The molecule has 3 aliphatic heterocycles. The maximum absolute atomic E-state index is 13.5. The minimum Gasteiger partial charge on any atom is -0.390 e. The van der Waals surface area contributed by atoms with E-state index in [4.69, 9.17) is 0 Å². The molecule has 3 aliphatic rings. The number of aliphatic hydroxyl groups excluding tert-OH is 1. The van der Waals surface area contributed by atoms with Crippen molar-refractivity contribution in [1.82, 2.24) is 14.7 Å². The summed E-state index contributed by atoms with van der Waals surface area (Å²) in [6.07, 6.45) is 2.83. The largest absolute Gasteiger partial charge is 0.390 e. The predicted molar refractivity (Wildman–Crippen MR) is 155 cm³/mol. The molecule has 1 saturated heterocycles. The summed E-state index contributed by atoms with van der Waals surface area (Å²) in [5.74, 6) is 0.0501. The van der Waals surface area contributed by atoms with Gasteiger partial charge in [0.2, 0.25) is 0 Å². The zero-order chi connectivity index (χ0) is 26.9. The normalized spacial score (nSPS) is 20.9. The molecule has 1 fully saturated rings. The molecule has 38 heavy (non-hydrogen) atoms. The number of piperidine rings is 1. The van der Waals surface area contributed by atoms with Crippen molar-refractivity contribution in [2.24, 2.45) is 0 Å². The van der Waals surface area contributed by atoms with Crippen LogP contribution in [0.25, 0.3) is 0 Å². The lowest BCUT2D eigenvalue weighted by Crippen LogP contribution is -2.51. The summed E-state index contributed by atoms with van der Waals surface area (Å²) in [7, 11) is 0. The molecule has 1 amide bonds. The standard InChI is InChI=1S/C32H46N4O2/c1-5-34(6-2)26-14-17-35(18-15-26)27-11-12-29-30(19-27)32(3,4)23-36(31(29)38)22-28(37)21-33-16-13-24-9-7-8-10-25(24)20-33/h7-12,19,26,28,37H,5-6,13-18,20-23H2,1-4H3. The van der Waals surface area contributed by atoms with Crippen molar-refractivity contribution in [3.05, 3.63) is 64.7 Å². The quantitative estimate of drug-likeness (QED) is 0.569. The van der Waals surface area contributed by atoms with Gasteiger partial charge >= 0.3 is 0 Å². The van der Waals surface area contributed by atoms with Crippen LogP contribution in [0, 0.1) is 0 Å². The number of rotatable bonds is 8. The van der Waals surface area contributed by atoms with E-state index in [1.165, 1.54) is 29.7 Å². The molecule has 2 aromatic rings. The summed E-state index contributed by atoms with van der Waals surface area (Å²) in [5.41, 5.74) is 5.77. The highest BCUT2D eigenvalue weighted by Crippen LogP contribution is 2.36. The topological polar surface area (TPSA) is 50.3 Å². The maximum atomic E-state index is 13.5. The number of carbonyl (C=O) groups is 1. The third-order valence-electron chi connectivity index (χ3n) is 9.10. The highest BCUT2D eigenvalue weighted by atomic mass is 16.3. The minimum atomic E-state index is -0.562. The third kappa shape index (κ3) is 5.63. The maximum Gasteiger partial charge on any atom is 0.254 e. The molecule has 1 atom stereocenters. The highest BCUT2D eigenvalue weighted by Gasteiger charge is 2.38. The Morgan fingerprint density at radius 2 is 1.71 bits per heavy atom. The third-order valence-corrected chi connectivity index (χ3v) is 9.10. The molecule has 0 aromatic heterocycles. The molecule has 0 saturated carbocycles. The molecular formula is C32H46N4O2. The lowest BCUT2D eigenvalue weighted by atomic mass is 9.77. The van der Waals surface area contributed by atoms with Gasteiger partial charge in [0.05, 0.1) is 6.10 Å². The van der Waals surface area contributed by atoms with Gasteiger partial charge in [-0.2, -0.15) is 0 Å². The molecule has 5 rings (SSSR count). The van der Waals surface area contributed by atoms with E-state index < -0.39 is 6.10 Å². The van der Waals surface area contributed by atoms with E-state index in [0.717, 1.165) is 56.8 Å². The first-order chi connectivity index (χ1) is 18.3. The van der Waals surface area contributed by atoms with Crippen LogP contribution in [-0.2, 0) is 18.4 Å². The van der Waals surface area contributed by atoms with E-state index in [9.17, 15) is 9.90 Å². The molecule has 206 valence electrons. The smallest absolute Gasteiger partial charge is 0.254 e. The van der Waals surface area contributed by atoms with Crippen LogP contribution in [0.1, 0.15) is 67.6 Å². The second-order valence-corrected chi connectivity index (χ2v) is 12.1. The van der Waals surface area contributed by atoms with Gasteiger partial charge in [-0.1, -0.05) is 52.0 Å². The summed E-state index contributed by atoms with van der Waals surface area (Å²) in [6, 6.07) is 15.7. The lowest BCUT2D eigenvalue weighted by Gasteiger charge is -2.42. The van der Waals surface area contributed by atoms with Crippen molar-refractivity contribution in [2.45, 2.75) is 71.1 Å². The lowest BCUT2D eigenvalue weighted by molar-refractivity contribution is 0.0431. The molecule has 2 aromatic carbocycles. The number of hydrogen-bond acceptors (Lipinski definition) is 5. The van der Waals surface area contributed by atoms with Crippen molar-refractivity contribution < 1.29 is 9.90 Å². The summed E-state index contributed by atoms with van der Waals surface area (Å²) in [5, 5.41) is 11.0. The Balaban J connectivity index is 1.22. The van der Waals surface area contributed by atoms with Crippen molar-refractivity contribution in [2.75, 3.05) is 57.3 Å². The van der Waals surface area contributed by atoms with Crippen LogP contribution in [0.15, 0.2) is 42.5 Å². The van der Waals surface area contributed by atoms with Gasteiger partial charge in [-0.25, -0.2) is 0 Å². The SMILES string of the molecule is CCN(CC)C1CCN(c2ccc3c(c2)C(C)(C)CN(CC(O)CN2CCc4ccccc4C2)C3=O)CC1. The van der Waals surface area contributed by atoms with E-state index in [1.807, 2.05) is 11.0 Å². The first-order valence-electron chi connectivity index (χ1n) is 14.7. The van der Waals surface area contributed by atoms with Gasteiger partial charge in [0.15, 0.2) is 0 Å². The number of benzene rings is 2. The molecule has 0 radical (unpaired) electrons. The Bertz CT molecular complexity index is 1120. The Hall–Kier alpha value is -2.41. The Morgan fingerprint density at radius 1 is 1.00 bits per heavy atom. The van der Waals surface area contributed by atoms with Gasteiger partial charge in [0.25, 0.3) is 5.91 Å². The van der Waals surface area contributed by atoms with Crippen LogP contribution in [0.5, 0.6) is 0 Å². The second kappa shape index (κ2) is 11.4. The predicted octanol–water partition coefficient (Wildman–Crippen LogP) is 4.15. The number of hydrogen-bond donors (Lipinski definition) is 1. The Morgan fingerprint density at radius 3 is 2.42 bits per heavy atom. The number of fused-ring (bicyclic) bond motifs is 2. The van der Waals surface area contributed by atoms with E-state index in [0.29, 0.717) is 25.7 Å². The molecule has 1 N–H and O–H groups in total. The number of β-amino-alcohol motifs (C(OH)–C–C–N with tert-alkyl or cyclic N) is 1. The number of amides is 1. The van der Waals surface area contributed by atoms with Crippen molar-refractivity contribution >= 4 is 11.6 Å². The van der Waals surface area contributed by atoms with Crippen LogP contribution in [-0.4, -0.2) is 90.2 Å². The van der Waals surface area contributed by atoms with Gasteiger partial charge in [-0.15, -0.1) is 0 Å². The summed E-state index contributed by atoms with van der Waals surface area (Å²) in [4.78, 5) is 22.8. The molecular weight excluding hydrogens is 472 g/mol. The molecule has 0 bridgehead atoms. The van der Waals surface area contributed by atoms with Gasteiger partial charge in [-0.05, 0) is 67.2 Å². The molecule has 6 heteroatoms. The fraction of sp³-hybridized carbons (Fsp3) is 0.594. The van der Waals surface area contributed by atoms with Gasteiger partial charge in [0, 0.05) is 68.5 Å². The Labute approximate surface area is 229 Å². The van der Waals surface area contributed by atoms with E-state index >= 15 is 0 Å². The van der Waals surface area contributed by atoms with Gasteiger partial charge < -0.3 is 19.8 Å². The summed E-state index contributed by atoms with van der Waals surface area (Å²) in [6.45, 7) is 16.8. The molecule has 0 spiro atoms. The molecule has 3 heterocycles. The zero-order valence-electron chi connectivity index (χ0n) is 23.8. The average molecular weight is 519 g/mol. The van der Waals surface area contributed by atoms with Crippen LogP contribution in [0.2, 0.25) is 0 Å². The van der Waals surface area contributed by atoms with Crippen LogP contribution in [0.4, 0.5) is 5.69 Å². The van der Waals surface area contributed by atoms with Crippen molar-refractivity contribution in [3.63, 3.8) is 0 Å². The van der Waals surface area contributed by atoms with Gasteiger partial charge in [0.1, 0.15) is 0 Å². The monoisotopic (exact) mass is 518 g/mol. The fourth-order valence-electron chi connectivity index (χ4n) is 6.98. The number of carbonyl (C=O) groups excluding carboxylic acids is 1. The summed E-state index contributed by atoms with van der Waals surface area (Å²) >= 11 is 0. The molecule has 1 unspecified atom stereocenters. The highest BCUT2D eigenvalue weighted by molar-refractivity contribution is 5.98. The van der Waals surface area contributed by atoms with Crippen molar-refractivity contribution in [1.29, 1.82) is 0 Å². The molecule has 0 aliphatic carbocycles. The first kappa shape index (κ1) is 27.2. The van der Waals surface area contributed by atoms with Crippen molar-refractivity contribution in [3.8, 4) is 0 Å². The average Bonchev–Trinajstić information content (AvgIpc) is 2.92. The first-order valence-corrected chi connectivity index (χ1v) is 14.7. The second-order valence-electron chi connectivity index (χ2n) is 12.1. The zero-order valence-corrected chi connectivity index (χ0v) is 23.8. The molecule has 6 nitrogen and oxygen atoms in total. The number of nitrogens with zero attached hydrogens (tertiary/aromatic N) is 4. The Kier molecular flexibility index (Phi) is 8.13. The summed E-state index contributed by atoms with van der Waals surface area (Å²) < 4.78 is 0. The minimum absolute atomic E-state index is 0.0501. The van der Waals surface area contributed by atoms with Gasteiger partial charge in [-0.3, -0.25) is 9.69 Å². The van der Waals surface area contributed by atoms with E-state index in [-0.39, 0.29) is 11.3 Å².